The van der Waals surface area contributed by atoms with E-state index in [1.165, 1.54) is 0 Å². The average molecular weight is 367 g/mol. The molecule has 1 saturated heterocycles. The van der Waals surface area contributed by atoms with Crippen molar-refractivity contribution in [1.82, 2.24) is 0 Å². The molecule has 0 aromatic heterocycles. The second kappa shape index (κ2) is 8.22. The summed E-state index contributed by atoms with van der Waals surface area (Å²) in [5.74, 6) is -0.657. The Kier molecular flexibility index (Phi) is 5.76. The highest BCUT2D eigenvalue weighted by atomic mass is 16.5. The highest BCUT2D eigenvalue weighted by Gasteiger charge is 2.37. The van der Waals surface area contributed by atoms with E-state index in [1.54, 1.807) is 4.90 Å². The first-order valence-corrected chi connectivity index (χ1v) is 9.15. The number of para-hydroxylation sites is 1. The number of ether oxygens (including phenoxy) is 1. The predicted octanol–water partition coefficient (Wildman–Crippen LogP) is 3.20. The van der Waals surface area contributed by atoms with Gasteiger partial charge in [-0.05, 0) is 63.1 Å². The Hall–Kier alpha value is -2.86. The molecule has 0 radical (unpaired) electrons. The van der Waals surface area contributed by atoms with Gasteiger partial charge in [-0.25, -0.2) is 0 Å². The van der Waals surface area contributed by atoms with Gasteiger partial charge in [0.2, 0.25) is 5.91 Å². The fourth-order valence-corrected chi connectivity index (χ4v) is 3.26. The molecule has 2 aromatic carbocycles. The molecule has 1 heterocycles. The van der Waals surface area contributed by atoms with Crippen molar-refractivity contribution in [1.29, 1.82) is 0 Å². The normalized spacial score (nSPS) is 19.1. The molecule has 2 atom stereocenters. The van der Waals surface area contributed by atoms with Crippen LogP contribution in [0.15, 0.2) is 54.6 Å². The first-order valence-electron chi connectivity index (χ1n) is 9.15. The number of carbonyl (C=O) groups excluding carboxylic acids is 2. The second-order valence-electron chi connectivity index (χ2n) is 6.93. The molecule has 0 saturated carbocycles. The lowest BCUT2D eigenvalue weighted by molar-refractivity contribution is -0.136. The minimum absolute atomic E-state index is 0.0401. The van der Waals surface area contributed by atoms with Crippen molar-refractivity contribution in [2.24, 2.45) is 5.73 Å². The minimum atomic E-state index is -0.676. The summed E-state index contributed by atoms with van der Waals surface area (Å²) in [4.78, 5) is 26.0. The zero-order valence-electron chi connectivity index (χ0n) is 15.6. The molecule has 0 spiro atoms. The monoisotopic (exact) mass is 367 g/mol. The maximum absolute atomic E-state index is 13.0. The topological polar surface area (TPSA) is 84.7 Å². The number of nitrogens with zero attached hydrogens (tertiary/aromatic N) is 1. The largest absolute Gasteiger partial charge is 0.367 e. The Morgan fingerprint density at radius 2 is 1.59 bits per heavy atom. The summed E-state index contributed by atoms with van der Waals surface area (Å²) in [7, 11) is 0. The number of anilines is 3. The zero-order valence-corrected chi connectivity index (χ0v) is 15.6. The summed E-state index contributed by atoms with van der Waals surface area (Å²) in [6, 6.07) is 17.5. The summed E-state index contributed by atoms with van der Waals surface area (Å²) < 4.78 is 5.56. The quantitative estimate of drug-likeness (QED) is 0.821. The Balaban J connectivity index is 1.73. The molecule has 1 aliphatic heterocycles. The fourth-order valence-electron chi connectivity index (χ4n) is 3.26. The third-order valence-electron chi connectivity index (χ3n) is 4.57. The molecule has 6 heteroatoms. The van der Waals surface area contributed by atoms with Gasteiger partial charge in [0.25, 0.3) is 5.91 Å². The van der Waals surface area contributed by atoms with Gasteiger partial charge in [0.15, 0.2) is 0 Å². The number of hydrogen-bond acceptors (Lipinski definition) is 4. The molecule has 27 heavy (non-hydrogen) atoms. The van der Waals surface area contributed by atoms with E-state index in [1.807, 2.05) is 68.4 Å². The molecule has 0 aliphatic carbocycles. The molecule has 6 nitrogen and oxygen atoms in total. The Morgan fingerprint density at radius 1 is 1.00 bits per heavy atom. The summed E-state index contributed by atoms with van der Waals surface area (Å²) >= 11 is 0. The first kappa shape index (κ1) is 18.9. The van der Waals surface area contributed by atoms with Gasteiger partial charge in [0.1, 0.15) is 12.2 Å². The smallest absolute Gasteiger partial charge is 0.256 e. The maximum atomic E-state index is 13.0. The Morgan fingerprint density at radius 3 is 2.15 bits per heavy atom. The maximum Gasteiger partial charge on any atom is 0.256 e. The van der Waals surface area contributed by atoms with E-state index in [2.05, 4.69) is 5.32 Å². The van der Waals surface area contributed by atoms with Gasteiger partial charge in [0, 0.05) is 23.1 Å². The van der Waals surface area contributed by atoms with Gasteiger partial charge in [0.05, 0.1) is 0 Å². The van der Waals surface area contributed by atoms with Crippen LogP contribution in [-0.4, -0.2) is 30.1 Å². The van der Waals surface area contributed by atoms with E-state index in [0.717, 1.165) is 17.1 Å². The van der Waals surface area contributed by atoms with E-state index < -0.39 is 18.1 Å². The molecule has 1 aliphatic rings. The zero-order chi connectivity index (χ0) is 19.4. The highest BCUT2D eigenvalue weighted by Crippen LogP contribution is 2.27. The van der Waals surface area contributed by atoms with Gasteiger partial charge in [-0.15, -0.1) is 0 Å². The van der Waals surface area contributed by atoms with Crippen LogP contribution in [0.2, 0.25) is 0 Å². The van der Waals surface area contributed by atoms with Crippen molar-refractivity contribution in [3.8, 4) is 0 Å². The third-order valence-corrected chi connectivity index (χ3v) is 4.57. The first-order chi connectivity index (χ1) is 13.0. The lowest BCUT2D eigenvalue weighted by atomic mass is 10.1. The van der Waals surface area contributed by atoms with E-state index >= 15 is 0 Å². The number of hydrogen-bond donors (Lipinski definition) is 2. The van der Waals surface area contributed by atoms with Crippen molar-refractivity contribution in [2.75, 3.05) is 10.2 Å². The van der Waals surface area contributed by atoms with Crippen LogP contribution in [0.4, 0.5) is 17.1 Å². The number of amides is 2. The van der Waals surface area contributed by atoms with E-state index in [9.17, 15) is 9.59 Å². The fraction of sp³-hybridized carbons (Fsp3) is 0.333. The third kappa shape index (κ3) is 4.46. The van der Waals surface area contributed by atoms with Crippen molar-refractivity contribution in [3.63, 3.8) is 0 Å². The van der Waals surface area contributed by atoms with Gasteiger partial charge >= 0.3 is 0 Å². The number of benzene rings is 2. The molecule has 3 rings (SSSR count). The molecule has 2 amide bonds. The number of primary amides is 1. The SMILES string of the molecule is CC(C)N(C(=O)[C@@H]1CC[C@H](C(N)=O)O1)c1ccc(Nc2ccccc2)cc1. The predicted molar refractivity (Wildman–Crippen MR) is 106 cm³/mol. The molecule has 2 aromatic rings. The number of rotatable bonds is 6. The standard InChI is InChI=1S/C21H25N3O3/c1-14(2)24(21(26)19-13-12-18(27-19)20(22)25)17-10-8-16(9-11-17)23-15-6-4-3-5-7-15/h3-11,14,18-19,23H,12-13H2,1-2H3,(H2,22,25)/t18-,19+/m1/s1. The molecule has 142 valence electrons. The van der Waals surface area contributed by atoms with Crippen LogP contribution in [0.1, 0.15) is 26.7 Å². The second-order valence-corrected chi connectivity index (χ2v) is 6.93. The van der Waals surface area contributed by atoms with E-state index in [0.29, 0.717) is 12.8 Å². The summed E-state index contributed by atoms with van der Waals surface area (Å²) in [5.41, 5.74) is 8.02. The van der Waals surface area contributed by atoms with Gasteiger partial charge in [-0.3, -0.25) is 9.59 Å². The van der Waals surface area contributed by atoms with Gasteiger partial charge < -0.3 is 20.7 Å². The van der Waals surface area contributed by atoms with Gasteiger partial charge in [-0.1, -0.05) is 18.2 Å². The van der Waals surface area contributed by atoms with Crippen LogP contribution in [0.25, 0.3) is 0 Å². The van der Waals surface area contributed by atoms with Crippen LogP contribution in [0, 0.1) is 0 Å². The lowest BCUT2D eigenvalue weighted by Crippen LogP contribution is -2.44. The van der Waals surface area contributed by atoms with Crippen LogP contribution in [0.3, 0.4) is 0 Å². The average Bonchev–Trinajstić information content (AvgIpc) is 3.14. The molecular weight excluding hydrogens is 342 g/mol. The number of carbonyl (C=O) groups is 2. The molecule has 0 bridgehead atoms. The Bertz CT molecular complexity index is 790. The van der Waals surface area contributed by atoms with E-state index in [-0.39, 0.29) is 11.9 Å². The molecule has 1 fully saturated rings. The highest BCUT2D eigenvalue weighted by molar-refractivity contribution is 5.97. The van der Waals surface area contributed by atoms with Crippen molar-refractivity contribution in [3.05, 3.63) is 54.6 Å². The Labute approximate surface area is 159 Å². The summed E-state index contributed by atoms with van der Waals surface area (Å²) in [6.45, 7) is 3.91. The van der Waals surface area contributed by atoms with Crippen LogP contribution >= 0.6 is 0 Å². The number of nitrogens with one attached hydrogen (secondary N) is 1. The van der Waals surface area contributed by atoms with Gasteiger partial charge in [-0.2, -0.15) is 0 Å². The van der Waals surface area contributed by atoms with Crippen LogP contribution in [-0.2, 0) is 14.3 Å². The van der Waals surface area contributed by atoms with Crippen LogP contribution in [0.5, 0.6) is 0 Å². The molecule has 0 unspecified atom stereocenters. The van der Waals surface area contributed by atoms with Crippen molar-refractivity contribution in [2.45, 2.75) is 44.9 Å². The van der Waals surface area contributed by atoms with E-state index in [4.69, 9.17) is 10.5 Å². The molecule has 3 N–H and O–H groups in total. The van der Waals surface area contributed by atoms with Crippen molar-refractivity contribution >= 4 is 28.9 Å². The van der Waals surface area contributed by atoms with Crippen molar-refractivity contribution < 1.29 is 14.3 Å². The van der Waals surface area contributed by atoms with Crippen LogP contribution < -0.4 is 16.0 Å². The lowest BCUT2D eigenvalue weighted by Gasteiger charge is -2.29. The minimum Gasteiger partial charge on any atom is -0.367 e. The summed E-state index contributed by atoms with van der Waals surface area (Å²) in [6.07, 6.45) is -0.321. The number of nitrogens with two attached hydrogens (primary N) is 1. The molecular formula is C21H25N3O3. The summed E-state index contributed by atoms with van der Waals surface area (Å²) in [5, 5.41) is 3.32.